The summed E-state index contributed by atoms with van der Waals surface area (Å²) in [6, 6.07) is 5.42. The summed E-state index contributed by atoms with van der Waals surface area (Å²) in [6.07, 6.45) is 5.84. The summed E-state index contributed by atoms with van der Waals surface area (Å²) in [5, 5.41) is 0. The molecule has 0 saturated heterocycles. The number of hydrogen-bond acceptors (Lipinski definition) is 4. The van der Waals surface area contributed by atoms with Gasteiger partial charge in [-0.25, -0.2) is 4.79 Å². The molecular weight excluding hydrogens is 292 g/mol. The highest BCUT2D eigenvalue weighted by atomic mass is 35.5. The summed E-state index contributed by atoms with van der Waals surface area (Å²) in [7, 11) is 3.15. The Bertz CT molecular complexity index is 471. The van der Waals surface area contributed by atoms with Crippen molar-refractivity contribution in [1.82, 2.24) is 0 Å². The monoisotopic (exact) mass is 312 g/mol. The van der Waals surface area contributed by atoms with Crippen molar-refractivity contribution >= 4 is 23.6 Å². The van der Waals surface area contributed by atoms with Gasteiger partial charge in [0.15, 0.2) is 11.5 Å². The number of unbranched alkanes of at least 4 members (excludes halogenated alkanes) is 2. The first kappa shape index (κ1) is 17.4. The molecule has 0 unspecified atom stereocenters. The number of hydrogen-bond donors (Lipinski definition) is 0. The van der Waals surface area contributed by atoms with Gasteiger partial charge < -0.3 is 14.2 Å². The molecular formula is C16H21ClO4. The fourth-order valence-electron chi connectivity index (χ4n) is 1.71. The first-order valence-corrected chi connectivity index (χ1v) is 7.37. The number of carbonyl (C=O) groups excluding carboxylic acids is 1. The second-order valence-corrected chi connectivity index (χ2v) is 4.74. The minimum atomic E-state index is -0.351. The smallest absolute Gasteiger partial charge is 0.330 e. The van der Waals surface area contributed by atoms with E-state index >= 15 is 0 Å². The van der Waals surface area contributed by atoms with Crippen LogP contribution in [-0.2, 0) is 9.53 Å². The van der Waals surface area contributed by atoms with Crippen molar-refractivity contribution in [3.05, 3.63) is 29.8 Å². The van der Waals surface area contributed by atoms with E-state index in [-0.39, 0.29) is 5.97 Å². The maximum atomic E-state index is 11.5. The summed E-state index contributed by atoms with van der Waals surface area (Å²) in [5.41, 5.74) is 0.840. The van der Waals surface area contributed by atoms with E-state index in [2.05, 4.69) is 0 Å². The standard InChI is InChI=1S/C16H21ClO4/c1-19-14-8-6-13(12-15(14)20-2)7-9-16(18)21-11-5-3-4-10-17/h6-9,12H,3-5,10-11H2,1-2H3/b9-7+. The number of carbonyl (C=O) groups is 1. The van der Waals surface area contributed by atoms with Crippen LogP contribution in [0, 0.1) is 0 Å². The van der Waals surface area contributed by atoms with Gasteiger partial charge in [0, 0.05) is 12.0 Å². The molecule has 0 fully saturated rings. The Morgan fingerprint density at radius 1 is 1.14 bits per heavy atom. The predicted octanol–water partition coefficient (Wildman–Crippen LogP) is 3.67. The first-order valence-electron chi connectivity index (χ1n) is 6.84. The van der Waals surface area contributed by atoms with Crippen LogP contribution in [0.25, 0.3) is 6.08 Å². The van der Waals surface area contributed by atoms with Gasteiger partial charge in [0.25, 0.3) is 0 Å². The third-order valence-corrected chi connectivity index (χ3v) is 3.11. The third kappa shape index (κ3) is 6.54. The number of ether oxygens (including phenoxy) is 3. The number of benzene rings is 1. The average molecular weight is 313 g/mol. The summed E-state index contributed by atoms with van der Waals surface area (Å²) >= 11 is 5.57. The van der Waals surface area contributed by atoms with E-state index in [1.165, 1.54) is 6.08 Å². The Hall–Kier alpha value is -1.68. The molecule has 1 aromatic rings. The molecule has 0 spiro atoms. The largest absolute Gasteiger partial charge is 0.493 e. The SMILES string of the molecule is COc1ccc(/C=C/C(=O)OCCCCCCl)cc1OC. The molecule has 4 nitrogen and oxygen atoms in total. The van der Waals surface area contributed by atoms with Crippen LogP contribution in [0.4, 0.5) is 0 Å². The van der Waals surface area contributed by atoms with Crippen molar-refractivity contribution in [2.75, 3.05) is 26.7 Å². The van der Waals surface area contributed by atoms with Crippen molar-refractivity contribution in [3.63, 3.8) is 0 Å². The van der Waals surface area contributed by atoms with E-state index in [0.29, 0.717) is 24.0 Å². The highest BCUT2D eigenvalue weighted by molar-refractivity contribution is 6.17. The van der Waals surface area contributed by atoms with E-state index in [9.17, 15) is 4.79 Å². The van der Waals surface area contributed by atoms with Crippen molar-refractivity contribution in [2.45, 2.75) is 19.3 Å². The number of rotatable bonds is 9. The molecule has 5 heteroatoms. The second kappa shape index (κ2) is 10.1. The second-order valence-electron chi connectivity index (χ2n) is 4.36. The molecule has 0 heterocycles. The van der Waals surface area contributed by atoms with Crippen LogP contribution in [-0.4, -0.2) is 32.7 Å². The molecule has 1 aromatic carbocycles. The average Bonchev–Trinajstić information content (AvgIpc) is 2.52. The van der Waals surface area contributed by atoms with Gasteiger partial charge in [0.1, 0.15) is 0 Å². The van der Waals surface area contributed by atoms with Crippen molar-refractivity contribution in [3.8, 4) is 11.5 Å². The quantitative estimate of drug-likeness (QED) is 0.302. The number of esters is 1. The highest BCUT2D eigenvalue weighted by Crippen LogP contribution is 2.27. The molecule has 21 heavy (non-hydrogen) atoms. The van der Waals surface area contributed by atoms with E-state index in [1.54, 1.807) is 32.4 Å². The van der Waals surface area contributed by atoms with E-state index in [0.717, 1.165) is 24.8 Å². The Kier molecular flexibility index (Phi) is 8.36. The lowest BCUT2D eigenvalue weighted by Gasteiger charge is -2.07. The summed E-state index contributed by atoms with van der Waals surface area (Å²) < 4.78 is 15.4. The maximum Gasteiger partial charge on any atom is 0.330 e. The van der Waals surface area contributed by atoms with Gasteiger partial charge in [-0.1, -0.05) is 6.07 Å². The van der Waals surface area contributed by atoms with Crippen molar-refractivity contribution in [2.24, 2.45) is 0 Å². The molecule has 0 aliphatic heterocycles. The molecule has 0 aromatic heterocycles. The Morgan fingerprint density at radius 3 is 2.57 bits per heavy atom. The predicted molar refractivity (Wildman–Crippen MR) is 84.1 cm³/mol. The van der Waals surface area contributed by atoms with Gasteiger partial charge in [-0.2, -0.15) is 0 Å². The fourth-order valence-corrected chi connectivity index (χ4v) is 1.90. The normalized spacial score (nSPS) is 10.6. The molecule has 0 amide bonds. The molecule has 0 N–H and O–H groups in total. The van der Waals surface area contributed by atoms with Gasteiger partial charge in [-0.15, -0.1) is 11.6 Å². The molecule has 0 saturated carbocycles. The zero-order chi connectivity index (χ0) is 15.5. The minimum Gasteiger partial charge on any atom is -0.493 e. The zero-order valence-corrected chi connectivity index (χ0v) is 13.2. The van der Waals surface area contributed by atoms with Gasteiger partial charge >= 0.3 is 5.97 Å². The van der Waals surface area contributed by atoms with Crippen LogP contribution >= 0.6 is 11.6 Å². The fraction of sp³-hybridized carbons (Fsp3) is 0.438. The topological polar surface area (TPSA) is 44.8 Å². The molecule has 0 atom stereocenters. The number of halogens is 1. The number of alkyl halides is 1. The highest BCUT2D eigenvalue weighted by Gasteiger charge is 2.03. The van der Waals surface area contributed by atoms with E-state index in [4.69, 9.17) is 25.8 Å². The van der Waals surface area contributed by atoms with Gasteiger partial charge in [-0.05, 0) is 43.0 Å². The van der Waals surface area contributed by atoms with Gasteiger partial charge in [-0.3, -0.25) is 0 Å². The minimum absolute atomic E-state index is 0.351. The Balaban J connectivity index is 2.46. The van der Waals surface area contributed by atoms with Crippen LogP contribution in [0.1, 0.15) is 24.8 Å². The lowest BCUT2D eigenvalue weighted by atomic mass is 10.2. The van der Waals surface area contributed by atoms with E-state index < -0.39 is 0 Å². The van der Waals surface area contributed by atoms with Crippen LogP contribution < -0.4 is 9.47 Å². The van der Waals surface area contributed by atoms with Crippen LogP contribution in [0.2, 0.25) is 0 Å². The third-order valence-electron chi connectivity index (χ3n) is 2.84. The summed E-state index contributed by atoms with van der Waals surface area (Å²) in [6.45, 7) is 0.423. The molecule has 116 valence electrons. The lowest BCUT2D eigenvalue weighted by molar-refractivity contribution is -0.137. The Labute approximate surface area is 130 Å². The van der Waals surface area contributed by atoms with Gasteiger partial charge in [0.2, 0.25) is 0 Å². The number of methoxy groups -OCH3 is 2. The molecule has 1 rings (SSSR count). The zero-order valence-electron chi connectivity index (χ0n) is 12.4. The summed E-state index contributed by atoms with van der Waals surface area (Å²) in [5.74, 6) is 1.56. The van der Waals surface area contributed by atoms with Crippen LogP contribution in [0.5, 0.6) is 11.5 Å². The van der Waals surface area contributed by atoms with Crippen molar-refractivity contribution in [1.29, 1.82) is 0 Å². The molecule has 0 aliphatic carbocycles. The van der Waals surface area contributed by atoms with Crippen LogP contribution in [0.15, 0.2) is 24.3 Å². The Morgan fingerprint density at radius 2 is 1.90 bits per heavy atom. The molecule has 0 radical (unpaired) electrons. The maximum absolute atomic E-state index is 11.5. The molecule has 0 bridgehead atoms. The molecule has 0 aliphatic rings. The van der Waals surface area contributed by atoms with Crippen LogP contribution in [0.3, 0.4) is 0 Å². The summed E-state index contributed by atoms with van der Waals surface area (Å²) in [4.78, 5) is 11.5. The van der Waals surface area contributed by atoms with Gasteiger partial charge in [0.05, 0.1) is 20.8 Å². The first-order chi connectivity index (χ1) is 10.2. The lowest BCUT2D eigenvalue weighted by Crippen LogP contribution is -2.02. The van der Waals surface area contributed by atoms with E-state index in [1.807, 2.05) is 6.07 Å². The van der Waals surface area contributed by atoms with Crippen molar-refractivity contribution < 1.29 is 19.0 Å².